The van der Waals surface area contributed by atoms with Gasteiger partial charge in [-0.2, -0.15) is 0 Å². The lowest BCUT2D eigenvalue weighted by molar-refractivity contribution is -0.870. The number of hydrogen-bond donors (Lipinski definition) is 1. The number of aliphatic carboxylic acids is 1. The fraction of sp³-hybridized carbons (Fsp3) is 0.625. The number of carbonyl (C=O) groups excluding carboxylic acids is 2. The van der Waals surface area contributed by atoms with Crippen molar-refractivity contribution in [1.82, 2.24) is 0 Å². The van der Waals surface area contributed by atoms with E-state index >= 15 is 0 Å². The molecule has 0 aliphatic rings. The lowest BCUT2D eigenvalue weighted by Crippen LogP contribution is -2.40. The van der Waals surface area contributed by atoms with E-state index < -0.39 is 24.3 Å². The Morgan fingerprint density at radius 2 is 0.557 bits per heavy atom. The molecule has 0 aliphatic heterocycles. The van der Waals surface area contributed by atoms with Crippen molar-refractivity contribution in [3.8, 4) is 0 Å². The molecule has 0 radical (unpaired) electrons. The summed E-state index contributed by atoms with van der Waals surface area (Å²) in [5.74, 6) is -2.07. The topological polar surface area (TPSA) is 108 Å². The summed E-state index contributed by atoms with van der Waals surface area (Å²) >= 11 is 0. The fourth-order valence-corrected chi connectivity index (χ4v) is 10.3. The number of likely N-dealkylation sites (N-methyl/N-ethyl adjacent to an activating group) is 1. The zero-order chi connectivity index (χ0) is 70.4. The Balaban J connectivity index is 4.13. The molecule has 97 heavy (non-hydrogen) atoms. The molecule has 1 N–H and O–H groups in total. The summed E-state index contributed by atoms with van der Waals surface area (Å²) in [4.78, 5) is 37.7. The predicted molar refractivity (Wildman–Crippen MR) is 419 cm³/mol. The van der Waals surface area contributed by atoms with Crippen molar-refractivity contribution < 1.29 is 42.9 Å². The molecule has 9 heteroatoms. The number of nitrogens with zero attached hydrogens (tertiary/aromatic N) is 1. The van der Waals surface area contributed by atoms with E-state index in [9.17, 15) is 19.5 Å². The standard InChI is InChI=1S/C88H143NO8/c1-6-8-10-12-14-16-18-20-22-24-26-28-30-32-34-36-38-40-41-42-43-44-45-47-48-50-52-54-56-58-60-62-64-66-68-70-72-74-76-78-85(90)95-82-84(83-96-88(87(92)93)94-81-80-89(3,4)5)97-86(91)79-77-75-73-71-69-67-65-63-61-59-57-55-53-51-49-46-39-37-35-33-31-29-27-25-23-21-19-17-15-13-11-9-7-2/h8-11,14-17,20-23,26-29,32-35,39,46,51,53,57,59,63,65,69,71,84,88H,6-7,12-13,18-19,24-25,30-31,36-38,40-45,47-50,52,54-56,58,60-62,64,66-68,70,72-83H2,1-5H3/p+1/b10-8-,11-9-,16-14-,17-15-,22-20-,23-21-,28-26-,29-27-,34-32-,35-33-,46-39-,53-51-,59-57-,65-63-,71-69-. The number of esters is 2. The van der Waals surface area contributed by atoms with Crippen LogP contribution in [0.5, 0.6) is 0 Å². The van der Waals surface area contributed by atoms with Crippen LogP contribution in [0.4, 0.5) is 0 Å². The lowest BCUT2D eigenvalue weighted by atomic mass is 10.0. The van der Waals surface area contributed by atoms with Crippen molar-refractivity contribution in [3.63, 3.8) is 0 Å². The van der Waals surface area contributed by atoms with E-state index in [0.717, 1.165) is 128 Å². The van der Waals surface area contributed by atoms with Crippen LogP contribution in [0.15, 0.2) is 182 Å². The SMILES string of the molecule is CC/C=C\C/C=C\C/C=C\C/C=C\C/C=C\C/C=C\C/C=C\C/C=C\C/C=C\C/C=C\CCCCC(=O)OC(COC(=O)CCCCCCCCCCCCCCCCCCCCCCCCC/C=C\C/C=C\C/C=C\C/C=C\C/C=C\CC)COC(OCC[N+](C)(C)C)C(=O)O. The summed E-state index contributed by atoms with van der Waals surface area (Å²) in [5.41, 5.74) is 0. The van der Waals surface area contributed by atoms with E-state index in [2.05, 4.69) is 196 Å². The molecule has 0 aromatic rings. The van der Waals surface area contributed by atoms with Gasteiger partial charge in [0.15, 0.2) is 6.10 Å². The first-order valence-corrected chi connectivity index (χ1v) is 38.9. The summed E-state index contributed by atoms with van der Waals surface area (Å²) in [5, 5.41) is 9.76. The van der Waals surface area contributed by atoms with Gasteiger partial charge >= 0.3 is 17.9 Å². The van der Waals surface area contributed by atoms with Gasteiger partial charge < -0.3 is 28.5 Å². The van der Waals surface area contributed by atoms with E-state index in [-0.39, 0.29) is 38.6 Å². The third kappa shape index (κ3) is 77.6. The Kier molecular flexibility index (Phi) is 71.7. The highest BCUT2D eigenvalue weighted by molar-refractivity contribution is 5.71. The number of rotatable bonds is 70. The highest BCUT2D eigenvalue weighted by Gasteiger charge is 2.25. The third-order valence-corrected chi connectivity index (χ3v) is 16.2. The molecule has 2 atom stereocenters. The highest BCUT2D eigenvalue weighted by atomic mass is 16.7. The second-order valence-corrected chi connectivity index (χ2v) is 26.6. The van der Waals surface area contributed by atoms with Gasteiger partial charge in [-0.1, -0.05) is 331 Å². The zero-order valence-corrected chi connectivity index (χ0v) is 62.7. The molecule has 0 saturated carbocycles. The Hall–Kier alpha value is -5.61. The zero-order valence-electron chi connectivity index (χ0n) is 62.7. The Bertz CT molecular complexity index is 2260. The van der Waals surface area contributed by atoms with Crippen LogP contribution in [0, 0.1) is 0 Å². The number of hydrogen-bond acceptors (Lipinski definition) is 7. The van der Waals surface area contributed by atoms with Crippen LogP contribution in [-0.4, -0.2) is 87.4 Å². The Labute approximate surface area is 596 Å². The normalized spacial score (nSPS) is 13.7. The van der Waals surface area contributed by atoms with Gasteiger partial charge in [0.1, 0.15) is 13.2 Å². The molecule has 0 rings (SSSR count). The minimum absolute atomic E-state index is 0.171. The smallest absolute Gasteiger partial charge is 0.361 e. The van der Waals surface area contributed by atoms with Crippen molar-refractivity contribution in [3.05, 3.63) is 182 Å². The molecule has 9 nitrogen and oxygen atoms in total. The molecule has 0 aromatic heterocycles. The van der Waals surface area contributed by atoms with Crippen molar-refractivity contribution in [2.45, 2.75) is 309 Å². The number of allylic oxidation sites excluding steroid dienone is 30. The van der Waals surface area contributed by atoms with Crippen LogP contribution in [0.25, 0.3) is 0 Å². The van der Waals surface area contributed by atoms with Crippen LogP contribution in [0.1, 0.15) is 296 Å². The first kappa shape index (κ1) is 91.4. The van der Waals surface area contributed by atoms with Gasteiger partial charge in [-0.25, -0.2) is 4.79 Å². The molecule has 0 fully saturated rings. The number of unbranched alkanes of at least 4 members (excludes halogenated alkanes) is 25. The molecule has 0 amide bonds. The maximum absolute atomic E-state index is 13.0. The van der Waals surface area contributed by atoms with E-state index in [0.29, 0.717) is 17.4 Å². The average molecular weight is 1340 g/mol. The molecule has 0 aromatic carbocycles. The van der Waals surface area contributed by atoms with Crippen molar-refractivity contribution in [2.24, 2.45) is 0 Å². The van der Waals surface area contributed by atoms with Crippen LogP contribution in [0.3, 0.4) is 0 Å². The molecule has 548 valence electrons. The number of ether oxygens (including phenoxy) is 4. The van der Waals surface area contributed by atoms with E-state index in [1.54, 1.807) is 0 Å². The van der Waals surface area contributed by atoms with Gasteiger partial charge in [0.05, 0.1) is 34.4 Å². The van der Waals surface area contributed by atoms with E-state index in [1.807, 2.05) is 21.1 Å². The number of quaternary nitrogens is 1. The van der Waals surface area contributed by atoms with Crippen LogP contribution in [-0.2, 0) is 33.3 Å². The fourth-order valence-electron chi connectivity index (χ4n) is 10.3. The van der Waals surface area contributed by atoms with Crippen LogP contribution >= 0.6 is 0 Å². The monoisotopic (exact) mass is 1340 g/mol. The van der Waals surface area contributed by atoms with Crippen molar-refractivity contribution in [2.75, 3.05) is 47.5 Å². The van der Waals surface area contributed by atoms with Crippen LogP contribution < -0.4 is 0 Å². The molecule has 0 spiro atoms. The summed E-state index contributed by atoms with van der Waals surface area (Å²) in [7, 11) is 5.96. The second kappa shape index (κ2) is 76.1. The molecule has 0 aliphatic carbocycles. The number of carboxylic acid groups (broad SMARTS) is 1. The Morgan fingerprint density at radius 1 is 0.309 bits per heavy atom. The Morgan fingerprint density at radius 3 is 0.845 bits per heavy atom. The highest BCUT2D eigenvalue weighted by Crippen LogP contribution is 2.17. The minimum atomic E-state index is -1.53. The van der Waals surface area contributed by atoms with E-state index in [1.165, 1.54) is 135 Å². The summed E-state index contributed by atoms with van der Waals surface area (Å²) in [6.45, 7) is 4.60. The van der Waals surface area contributed by atoms with Crippen molar-refractivity contribution >= 4 is 17.9 Å². The number of carbonyl (C=O) groups is 3. The maximum Gasteiger partial charge on any atom is 0.361 e. The maximum atomic E-state index is 13.0. The van der Waals surface area contributed by atoms with Gasteiger partial charge in [0.2, 0.25) is 0 Å². The molecule has 0 saturated heterocycles. The molecular formula is C88H144NO8+. The summed E-state index contributed by atoms with van der Waals surface area (Å²) in [6.07, 6.45) is 113. The van der Waals surface area contributed by atoms with Gasteiger partial charge in [0.25, 0.3) is 6.29 Å². The largest absolute Gasteiger partial charge is 0.477 e. The summed E-state index contributed by atoms with van der Waals surface area (Å²) in [6, 6.07) is 0. The lowest BCUT2D eigenvalue weighted by Gasteiger charge is -2.25. The minimum Gasteiger partial charge on any atom is -0.477 e. The average Bonchev–Trinajstić information content (AvgIpc) is 2.59. The van der Waals surface area contributed by atoms with Crippen LogP contribution in [0.2, 0.25) is 0 Å². The van der Waals surface area contributed by atoms with Gasteiger partial charge in [-0.3, -0.25) is 9.59 Å². The second-order valence-electron chi connectivity index (χ2n) is 26.6. The molecule has 0 bridgehead atoms. The third-order valence-electron chi connectivity index (χ3n) is 16.2. The first-order valence-electron chi connectivity index (χ1n) is 38.9. The summed E-state index contributed by atoms with van der Waals surface area (Å²) < 4.78 is 23.0. The van der Waals surface area contributed by atoms with E-state index in [4.69, 9.17) is 18.9 Å². The molecular weight excluding hydrogens is 1200 g/mol. The predicted octanol–water partition coefficient (Wildman–Crippen LogP) is 25.1. The van der Waals surface area contributed by atoms with Gasteiger partial charge in [-0.05, 0) is 135 Å². The number of carboxylic acids is 1. The quantitative estimate of drug-likeness (QED) is 0.0211. The molecule has 0 heterocycles. The molecule has 2 unspecified atom stereocenters. The van der Waals surface area contributed by atoms with Gasteiger partial charge in [-0.15, -0.1) is 0 Å². The van der Waals surface area contributed by atoms with Crippen molar-refractivity contribution in [1.29, 1.82) is 0 Å². The first-order chi connectivity index (χ1) is 47.6. The van der Waals surface area contributed by atoms with Gasteiger partial charge in [0, 0.05) is 12.8 Å².